The van der Waals surface area contributed by atoms with Gasteiger partial charge in [0, 0.05) is 24.5 Å². The predicted molar refractivity (Wildman–Crippen MR) is 126 cm³/mol. The van der Waals surface area contributed by atoms with E-state index in [0.29, 0.717) is 35.7 Å². The molecular weight excluding hydrogens is 483 g/mol. The Morgan fingerprint density at radius 2 is 2.06 bits per heavy atom. The number of para-hydroxylation sites is 1. The zero-order valence-corrected chi connectivity index (χ0v) is 19.7. The summed E-state index contributed by atoms with van der Waals surface area (Å²) in [6, 6.07) is 8.76. The van der Waals surface area contributed by atoms with E-state index in [2.05, 4.69) is 10.3 Å². The number of amides is 2. The van der Waals surface area contributed by atoms with Crippen LogP contribution in [0.15, 0.2) is 47.8 Å². The molecule has 1 atom stereocenters. The number of hydrogen-bond donors (Lipinski definition) is 1. The zero-order chi connectivity index (χ0) is 25.2. The number of benzene rings is 2. The van der Waals surface area contributed by atoms with Crippen molar-refractivity contribution in [1.82, 2.24) is 4.98 Å². The van der Waals surface area contributed by atoms with Gasteiger partial charge < -0.3 is 14.8 Å². The van der Waals surface area contributed by atoms with Gasteiger partial charge in [0.1, 0.15) is 11.8 Å². The Bertz CT molecular complexity index is 1240. The number of nitrogens with one attached hydrogen (secondary N) is 1. The van der Waals surface area contributed by atoms with Gasteiger partial charge in [0.05, 0.1) is 34.2 Å². The molecule has 0 bridgehead atoms. The molecule has 3 aromatic rings. The number of carbonyl (C=O) groups is 2. The molecule has 0 saturated heterocycles. The fourth-order valence-electron chi connectivity index (χ4n) is 3.70. The maximum absolute atomic E-state index is 13.3. The van der Waals surface area contributed by atoms with E-state index >= 15 is 0 Å². The Balaban J connectivity index is 1.61. The van der Waals surface area contributed by atoms with Gasteiger partial charge in [-0.15, -0.1) is 11.3 Å². The summed E-state index contributed by atoms with van der Waals surface area (Å²) in [6.45, 7) is 1.70. The Morgan fingerprint density at radius 3 is 2.80 bits per heavy atom. The molecule has 35 heavy (non-hydrogen) atoms. The van der Waals surface area contributed by atoms with Gasteiger partial charge in [-0.1, -0.05) is 12.1 Å². The van der Waals surface area contributed by atoms with Crippen molar-refractivity contribution < 1.29 is 32.2 Å². The maximum Gasteiger partial charge on any atom is 0.418 e. The number of nitrogens with zero attached hydrogens (tertiary/aromatic N) is 2. The molecule has 0 radical (unpaired) electrons. The molecule has 7 nitrogen and oxygen atoms in total. The van der Waals surface area contributed by atoms with Crippen molar-refractivity contribution in [3.8, 4) is 17.0 Å². The highest BCUT2D eigenvalue weighted by Gasteiger charge is 2.36. The molecule has 1 N–H and O–H groups in total. The largest absolute Gasteiger partial charge is 0.482 e. The molecule has 4 rings (SSSR count). The van der Waals surface area contributed by atoms with Gasteiger partial charge in [-0.05, 0) is 37.3 Å². The second kappa shape index (κ2) is 10.0. The average molecular weight is 506 g/mol. The highest BCUT2D eigenvalue weighted by molar-refractivity contribution is 7.09. The molecule has 1 aliphatic rings. The minimum absolute atomic E-state index is 0.291. The standard InChI is InChI=1S/C24H22F3N3O4S/c1-14(23(32)29-17-6-4-3-5-16(17)24(25,26)27)30-19-11-15(7-8-20(19)34-12-22(30)31)18-13-35-21(28-18)9-10-33-2/h3-8,11,13-14H,9-10,12H2,1-2H3,(H,29,32). The number of rotatable bonds is 7. The number of aromatic nitrogens is 1. The van der Waals surface area contributed by atoms with Crippen molar-refractivity contribution in [3.63, 3.8) is 0 Å². The lowest BCUT2D eigenvalue weighted by molar-refractivity contribution is -0.137. The van der Waals surface area contributed by atoms with Crippen molar-refractivity contribution in [1.29, 1.82) is 0 Å². The molecule has 0 saturated carbocycles. The van der Waals surface area contributed by atoms with Crippen LogP contribution < -0.4 is 15.0 Å². The Morgan fingerprint density at radius 1 is 1.29 bits per heavy atom. The van der Waals surface area contributed by atoms with Gasteiger partial charge in [0.15, 0.2) is 6.61 Å². The van der Waals surface area contributed by atoms with Crippen LogP contribution in [0.4, 0.5) is 24.5 Å². The number of methoxy groups -OCH3 is 1. The fourth-order valence-corrected chi connectivity index (χ4v) is 4.49. The SMILES string of the molecule is COCCc1nc(-c2ccc3c(c2)N(C(C)C(=O)Nc2ccccc2C(F)(F)F)C(=O)CO3)cs1. The second-order valence-electron chi connectivity index (χ2n) is 7.81. The molecule has 0 spiro atoms. The lowest BCUT2D eigenvalue weighted by atomic mass is 10.1. The van der Waals surface area contributed by atoms with Crippen LogP contribution in [0.25, 0.3) is 11.3 Å². The highest BCUT2D eigenvalue weighted by Crippen LogP contribution is 2.38. The number of anilines is 2. The summed E-state index contributed by atoms with van der Waals surface area (Å²) in [4.78, 5) is 31.6. The first-order chi connectivity index (χ1) is 16.7. The number of ether oxygens (including phenoxy) is 2. The van der Waals surface area contributed by atoms with E-state index < -0.39 is 29.6 Å². The topological polar surface area (TPSA) is 80.8 Å². The third kappa shape index (κ3) is 5.30. The van der Waals surface area contributed by atoms with Crippen molar-refractivity contribution in [3.05, 3.63) is 58.4 Å². The maximum atomic E-state index is 13.3. The molecule has 184 valence electrons. The first-order valence-corrected chi connectivity index (χ1v) is 11.6. The molecule has 1 aromatic heterocycles. The van der Waals surface area contributed by atoms with Gasteiger partial charge in [0.2, 0.25) is 5.91 Å². The van der Waals surface area contributed by atoms with Crippen molar-refractivity contribution in [2.45, 2.75) is 25.6 Å². The van der Waals surface area contributed by atoms with Crippen molar-refractivity contribution in [2.75, 3.05) is 30.5 Å². The molecule has 1 unspecified atom stereocenters. The normalized spacial score (nSPS) is 14.3. The summed E-state index contributed by atoms with van der Waals surface area (Å²) in [5.41, 5.74) is 0.402. The molecule has 1 aliphatic heterocycles. The van der Waals surface area contributed by atoms with Crippen LogP contribution in [0.5, 0.6) is 5.75 Å². The lowest BCUT2D eigenvalue weighted by Crippen LogP contribution is -2.49. The van der Waals surface area contributed by atoms with E-state index in [1.807, 2.05) is 5.38 Å². The number of carbonyl (C=O) groups excluding carboxylic acids is 2. The Hall–Kier alpha value is -3.44. The number of halogens is 3. The van der Waals surface area contributed by atoms with Crippen LogP contribution in [0.2, 0.25) is 0 Å². The molecule has 0 aliphatic carbocycles. The van der Waals surface area contributed by atoms with E-state index in [1.54, 1.807) is 25.3 Å². The Kier molecular flexibility index (Phi) is 7.08. The number of alkyl halides is 3. The molecule has 2 heterocycles. The van der Waals surface area contributed by atoms with Crippen LogP contribution in [0, 0.1) is 0 Å². The Labute approximate surface area is 203 Å². The van der Waals surface area contributed by atoms with Gasteiger partial charge in [0.25, 0.3) is 5.91 Å². The first-order valence-electron chi connectivity index (χ1n) is 10.7. The predicted octanol–water partition coefficient (Wildman–Crippen LogP) is 4.77. The zero-order valence-electron chi connectivity index (χ0n) is 18.9. The number of fused-ring (bicyclic) bond motifs is 1. The van der Waals surface area contributed by atoms with Crippen LogP contribution in [-0.2, 0) is 26.9 Å². The van der Waals surface area contributed by atoms with Crippen LogP contribution in [-0.4, -0.2) is 43.2 Å². The summed E-state index contributed by atoms with van der Waals surface area (Å²) in [5.74, 6) is -0.859. The first kappa shape index (κ1) is 24.7. The lowest BCUT2D eigenvalue weighted by Gasteiger charge is -2.33. The number of hydrogen-bond acceptors (Lipinski definition) is 6. The highest BCUT2D eigenvalue weighted by atomic mass is 32.1. The van der Waals surface area contributed by atoms with Gasteiger partial charge >= 0.3 is 6.18 Å². The van der Waals surface area contributed by atoms with E-state index in [9.17, 15) is 22.8 Å². The van der Waals surface area contributed by atoms with Gasteiger partial charge in [-0.2, -0.15) is 13.2 Å². The second-order valence-corrected chi connectivity index (χ2v) is 8.76. The number of thiazole rings is 1. The van der Waals surface area contributed by atoms with Gasteiger partial charge in [-0.25, -0.2) is 4.98 Å². The summed E-state index contributed by atoms with van der Waals surface area (Å²) >= 11 is 1.48. The average Bonchev–Trinajstić information content (AvgIpc) is 3.30. The van der Waals surface area contributed by atoms with Crippen LogP contribution in [0.3, 0.4) is 0 Å². The molecule has 2 aromatic carbocycles. The quantitative estimate of drug-likeness (QED) is 0.500. The minimum Gasteiger partial charge on any atom is -0.482 e. The summed E-state index contributed by atoms with van der Waals surface area (Å²) in [7, 11) is 1.61. The molecule has 0 fully saturated rings. The van der Waals surface area contributed by atoms with E-state index in [-0.39, 0.29) is 12.3 Å². The monoisotopic (exact) mass is 505 g/mol. The minimum atomic E-state index is -4.64. The van der Waals surface area contributed by atoms with Crippen molar-refractivity contribution >= 4 is 34.5 Å². The van der Waals surface area contributed by atoms with E-state index in [0.717, 1.165) is 11.1 Å². The summed E-state index contributed by atoms with van der Waals surface area (Å²) < 4.78 is 50.6. The molecule has 2 amide bonds. The third-order valence-corrected chi connectivity index (χ3v) is 6.37. The van der Waals surface area contributed by atoms with Crippen molar-refractivity contribution in [2.24, 2.45) is 0 Å². The van der Waals surface area contributed by atoms with E-state index in [4.69, 9.17) is 9.47 Å². The van der Waals surface area contributed by atoms with Crippen LogP contribution in [0.1, 0.15) is 17.5 Å². The summed E-state index contributed by atoms with van der Waals surface area (Å²) in [6.07, 6.45) is -3.98. The smallest absolute Gasteiger partial charge is 0.418 e. The molecule has 11 heteroatoms. The fraction of sp³-hybridized carbons (Fsp3) is 0.292. The van der Waals surface area contributed by atoms with Crippen LogP contribution >= 0.6 is 11.3 Å². The van der Waals surface area contributed by atoms with E-state index in [1.165, 1.54) is 41.4 Å². The van der Waals surface area contributed by atoms with Gasteiger partial charge in [-0.3, -0.25) is 14.5 Å². The molecular formula is C24H22F3N3O4S. The summed E-state index contributed by atoms with van der Waals surface area (Å²) in [5, 5.41) is 5.09. The third-order valence-electron chi connectivity index (χ3n) is 5.46.